The smallest absolute Gasteiger partial charge is 0.192 e. The van der Waals surface area contributed by atoms with Crippen molar-refractivity contribution in [2.45, 2.75) is 57.8 Å². The number of hydrogen-bond donors (Lipinski definition) is 0. The Morgan fingerprint density at radius 3 is 2.54 bits per heavy atom. The lowest BCUT2D eigenvalue weighted by Gasteiger charge is -2.37. The van der Waals surface area contributed by atoms with Crippen LogP contribution in [0, 0.1) is 5.82 Å². The van der Waals surface area contributed by atoms with E-state index in [-0.39, 0.29) is 10.9 Å². The standard InChI is InChI=1S/C19H27FN2OSi/c1-19(2,3)24(4,5)23-13-16-10-11-18-21-17(12-22(16)18)14-6-8-15(20)9-7-14/h6-9,12,16H,10-11,13H2,1-5H3/t16-/m0/s1. The molecule has 1 aliphatic rings. The number of imidazole rings is 1. The first-order valence-corrected chi connectivity index (χ1v) is 11.6. The van der Waals surface area contributed by atoms with E-state index in [1.165, 1.54) is 12.1 Å². The van der Waals surface area contributed by atoms with Gasteiger partial charge in [0.25, 0.3) is 0 Å². The van der Waals surface area contributed by atoms with Crippen molar-refractivity contribution >= 4 is 8.32 Å². The maximum atomic E-state index is 13.1. The molecule has 0 fully saturated rings. The van der Waals surface area contributed by atoms with E-state index in [4.69, 9.17) is 9.41 Å². The molecule has 1 atom stereocenters. The molecule has 5 heteroatoms. The highest BCUT2D eigenvalue weighted by Gasteiger charge is 2.38. The highest BCUT2D eigenvalue weighted by Crippen LogP contribution is 2.38. The number of fused-ring (bicyclic) bond motifs is 1. The Bertz CT molecular complexity index is 716. The first-order chi connectivity index (χ1) is 11.2. The molecule has 2 aromatic rings. The first kappa shape index (κ1) is 17.4. The minimum Gasteiger partial charge on any atom is -0.415 e. The van der Waals surface area contributed by atoms with Gasteiger partial charge >= 0.3 is 0 Å². The fourth-order valence-electron chi connectivity index (χ4n) is 2.81. The SMILES string of the molecule is CC(C)(C)[Si](C)(C)OC[C@@H]1CCc2nc(-c3ccc(F)cc3)cn21. The number of nitrogens with zero attached hydrogens (tertiary/aromatic N) is 2. The molecule has 1 aromatic carbocycles. The topological polar surface area (TPSA) is 27.1 Å². The quantitative estimate of drug-likeness (QED) is 0.712. The van der Waals surface area contributed by atoms with E-state index < -0.39 is 8.32 Å². The number of halogens is 1. The van der Waals surface area contributed by atoms with Crippen molar-refractivity contribution in [1.82, 2.24) is 9.55 Å². The fourth-order valence-corrected chi connectivity index (χ4v) is 3.85. The molecule has 0 radical (unpaired) electrons. The summed E-state index contributed by atoms with van der Waals surface area (Å²) >= 11 is 0. The second-order valence-electron chi connectivity index (χ2n) is 8.22. The van der Waals surface area contributed by atoms with Crippen LogP contribution in [-0.2, 0) is 10.8 Å². The third kappa shape index (κ3) is 3.33. The Morgan fingerprint density at radius 2 is 1.92 bits per heavy atom. The van der Waals surface area contributed by atoms with Gasteiger partial charge in [-0.1, -0.05) is 20.8 Å². The first-order valence-electron chi connectivity index (χ1n) is 8.65. The number of hydrogen-bond acceptors (Lipinski definition) is 2. The van der Waals surface area contributed by atoms with Crippen LogP contribution < -0.4 is 0 Å². The summed E-state index contributed by atoms with van der Waals surface area (Å²) in [5.74, 6) is 0.893. The summed E-state index contributed by atoms with van der Waals surface area (Å²) in [6.07, 6.45) is 4.16. The zero-order chi connectivity index (χ0) is 17.5. The van der Waals surface area contributed by atoms with Gasteiger partial charge in [0.2, 0.25) is 0 Å². The van der Waals surface area contributed by atoms with Crippen LogP contribution in [0.2, 0.25) is 18.1 Å². The zero-order valence-electron chi connectivity index (χ0n) is 15.3. The molecule has 0 N–H and O–H groups in total. The molecule has 0 bridgehead atoms. The summed E-state index contributed by atoms with van der Waals surface area (Å²) in [6, 6.07) is 6.90. The van der Waals surface area contributed by atoms with Gasteiger partial charge in [0.05, 0.1) is 18.3 Å². The normalized spacial score (nSPS) is 18.0. The van der Waals surface area contributed by atoms with Crippen LogP contribution in [0.4, 0.5) is 4.39 Å². The molecule has 0 aliphatic carbocycles. The van der Waals surface area contributed by atoms with Crippen LogP contribution in [0.1, 0.15) is 39.1 Å². The van der Waals surface area contributed by atoms with Crippen LogP contribution >= 0.6 is 0 Å². The Morgan fingerprint density at radius 1 is 1.25 bits per heavy atom. The van der Waals surface area contributed by atoms with Gasteiger partial charge in [-0.2, -0.15) is 0 Å². The van der Waals surface area contributed by atoms with Gasteiger partial charge in [0.1, 0.15) is 11.6 Å². The van der Waals surface area contributed by atoms with Crippen molar-refractivity contribution in [3.05, 3.63) is 42.1 Å². The van der Waals surface area contributed by atoms with Gasteiger partial charge in [-0.05, 0) is 48.8 Å². The second-order valence-corrected chi connectivity index (χ2v) is 13.0. The second kappa shape index (κ2) is 6.12. The van der Waals surface area contributed by atoms with Crippen LogP contribution in [0.5, 0.6) is 0 Å². The van der Waals surface area contributed by atoms with Crippen LogP contribution in [-0.4, -0.2) is 24.5 Å². The number of aromatic nitrogens is 2. The monoisotopic (exact) mass is 346 g/mol. The molecule has 0 unspecified atom stereocenters. The largest absolute Gasteiger partial charge is 0.415 e. The molecular weight excluding hydrogens is 319 g/mol. The van der Waals surface area contributed by atoms with Crippen molar-refractivity contribution in [2.24, 2.45) is 0 Å². The van der Waals surface area contributed by atoms with Crippen LogP contribution in [0.25, 0.3) is 11.3 Å². The summed E-state index contributed by atoms with van der Waals surface area (Å²) in [6.45, 7) is 12.1. The van der Waals surface area contributed by atoms with Gasteiger partial charge in [-0.25, -0.2) is 9.37 Å². The average molecular weight is 347 g/mol. The van der Waals surface area contributed by atoms with Crippen molar-refractivity contribution in [2.75, 3.05) is 6.61 Å². The Balaban J connectivity index is 1.74. The molecule has 130 valence electrons. The van der Waals surface area contributed by atoms with Gasteiger partial charge in [0, 0.05) is 18.2 Å². The van der Waals surface area contributed by atoms with E-state index in [0.29, 0.717) is 6.04 Å². The van der Waals surface area contributed by atoms with E-state index in [9.17, 15) is 4.39 Å². The maximum absolute atomic E-state index is 13.1. The summed E-state index contributed by atoms with van der Waals surface area (Å²) in [5.41, 5.74) is 1.88. The molecule has 0 saturated carbocycles. The number of aryl methyl sites for hydroxylation is 1. The molecule has 1 aliphatic heterocycles. The average Bonchev–Trinajstić information content (AvgIpc) is 3.05. The van der Waals surface area contributed by atoms with Gasteiger partial charge < -0.3 is 8.99 Å². The Kier molecular flexibility index (Phi) is 4.42. The van der Waals surface area contributed by atoms with E-state index in [2.05, 4.69) is 44.6 Å². The zero-order valence-corrected chi connectivity index (χ0v) is 16.3. The lowest BCUT2D eigenvalue weighted by atomic mass is 10.1. The van der Waals surface area contributed by atoms with Crippen molar-refractivity contribution in [3.8, 4) is 11.3 Å². The molecule has 0 saturated heterocycles. The molecular formula is C19H27FN2OSi. The molecule has 1 aromatic heterocycles. The summed E-state index contributed by atoms with van der Waals surface area (Å²) in [7, 11) is -1.73. The Hall–Kier alpha value is -1.46. The third-order valence-electron chi connectivity index (χ3n) is 5.49. The Labute approximate surface area is 145 Å². The predicted molar refractivity (Wildman–Crippen MR) is 98.1 cm³/mol. The van der Waals surface area contributed by atoms with E-state index in [1.807, 2.05) is 0 Å². The highest BCUT2D eigenvalue weighted by molar-refractivity contribution is 6.74. The van der Waals surface area contributed by atoms with Gasteiger partial charge in [-0.3, -0.25) is 0 Å². The van der Waals surface area contributed by atoms with E-state index >= 15 is 0 Å². The minimum atomic E-state index is -1.73. The highest BCUT2D eigenvalue weighted by atomic mass is 28.4. The molecule has 24 heavy (non-hydrogen) atoms. The van der Waals surface area contributed by atoms with Crippen molar-refractivity contribution in [1.29, 1.82) is 0 Å². The number of rotatable bonds is 4. The summed E-state index contributed by atoms with van der Waals surface area (Å²) < 4.78 is 21.8. The van der Waals surface area contributed by atoms with E-state index in [1.54, 1.807) is 12.1 Å². The summed E-state index contributed by atoms with van der Waals surface area (Å²) in [4.78, 5) is 4.73. The molecule has 0 amide bonds. The maximum Gasteiger partial charge on any atom is 0.192 e. The van der Waals surface area contributed by atoms with Crippen molar-refractivity contribution < 1.29 is 8.82 Å². The van der Waals surface area contributed by atoms with Crippen LogP contribution in [0.15, 0.2) is 30.5 Å². The predicted octanol–water partition coefficient (Wildman–Crippen LogP) is 5.20. The fraction of sp³-hybridized carbons (Fsp3) is 0.526. The lowest BCUT2D eigenvalue weighted by Crippen LogP contribution is -2.41. The minimum absolute atomic E-state index is 0.217. The van der Waals surface area contributed by atoms with Crippen LogP contribution in [0.3, 0.4) is 0 Å². The molecule has 2 heterocycles. The number of benzene rings is 1. The third-order valence-corrected chi connectivity index (χ3v) is 9.99. The molecule has 3 nitrogen and oxygen atoms in total. The van der Waals surface area contributed by atoms with Crippen molar-refractivity contribution in [3.63, 3.8) is 0 Å². The molecule has 3 rings (SSSR count). The molecule has 0 spiro atoms. The van der Waals surface area contributed by atoms with Gasteiger partial charge in [-0.15, -0.1) is 0 Å². The van der Waals surface area contributed by atoms with Gasteiger partial charge in [0.15, 0.2) is 8.32 Å². The van der Waals surface area contributed by atoms with E-state index in [0.717, 1.165) is 36.5 Å². The summed E-state index contributed by atoms with van der Waals surface area (Å²) in [5, 5.41) is 0.225. The lowest BCUT2D eigenvalue weighted by molar-refractivity contribution is 0.233.